The fourth-order valence-electron chi connectivity index (χ4n) is 1.19. The minimum atomic E-state index is -0.177. The van der Waals surface area contributed by atoms with Crippen LogP contribution in [0.15, 0.2) is 12.2 Å². The number of halogens is 1. The third-order valence-corrected chi connectivity index (χ3v) is 2.48. The number of carbonyl (C=O) groups excluding carboxylic acids is 2. The molecule has 0 aromatic heterocycles. The number of amides is 2. The van der Waals surface area contributed by atoms with Crippen LogP contribution in [-0.2, 0) is 9.59 Å². The number of carbonyl (C=O) groups is 2. The molecule has 1 heterocycles. The molecule has 1 aliphatic rings. The van der Waals surface area contributed by atoms with Gasteiger partial charge in [-0.05, 0) is 12.8 Å². The van der Waals surface area contributed by atoms with Crippen molar-refractivity contribution in [1.82, 2.24) is 4.90 Å². The molecule has 0 aromatic carbocycles. The van der Waals surface area contributed by atoms with Crippen molar-refractivity contribution in [2.45, 2.75) is 19.3 Å². The zero-order valence-corrected chi connectivity index (χ0v) is 8.92. The molecule has 0 bridgehead atoms. The van der Waals surface area contributed by atoms with Crippen molar-refractivity contribution in [2.75, 3.05) is 11.9 Å². The van der Waals surface area contributed by atoms with Crippen LogP contribution in [0, 0.1) is 0 Å². The van der Waals surface area contributed by atoms with Gasteiger partial charge in [0.15, 0.2) is 0 Å². The third kappa shape index (κ3) is 2.95. The minimum absolute atomic E-state index is 0.177. The van der Waals surface area contributed by atoms with E-state index in [1.165, 1.54) is 17.1 Å². The summed E-state index contributed by atoms with van der Waals surface area (Å²) in [5.74, 6) is -0.354. The lowest BCUT2D eigenvalue weighted by atomic mass is 10.2. The molecule has 3 nitrogen and oxygen atoms in total. The van der Waals surface area contributed by atoms with Crippen molar-refractivity contribution in [1.29, 1.82) is 0 Å². The average Bonchev–Trinajstić information content (AvgIpc) is 2.42. The van der Waals surface area contributed by atoms with Crippen LogP contribution in [0.2, 0.25) is 0 Å². The van der Waals surface area contributed by atoms with Crippen LogP contribution < -0.4 is 0 Å². The van der Waals surface area contributed by atoms with E-state index in [2.05, 4.69) is 15.9 Å². The van der Waals surface area contributed by atoms with Gasteiger partial charge in [0, 0.05) is 24.0 Å². The molecule has 0 aromatic rings. The summed E-state index contributed by atoms with van der Waals surface area (Å²) in [5, 5.41) is 0.979. The van der Waals surface area contributed by atoms with Crippen molar-refractivity contribution >= 4 is 27.7 Å². The second kappa shape index (κ2) is 5.17. The van der Waals surface area contributed by atoms with E-state index in [-0.39, 0.29) is 11.8 Å². The molecule has 1 rings (SSSR count). The van der Waals surface area contributed by atoms with Crippen LogP contribution >= 0.6 is 15.9 Å². The number of imide groups is 1. The first-order chi connectivity index (χ1) is 6.25. The molecule has 0 fully saturated rings. The molecular formula is C9H12BrNO2. The zero-order chi connectivity index (χ0) is 9.68. The van der Waals surface area contributed by atoms with Crippen molar-refractivity contribution in [3.8, 4) is 0 Å². The molecule has 0 radical (unpaired) electrons. The van der Waals surface area contributed by atoms with Crippen LogP contribution in [0.5, 0.6) is 0 Å². The quantitative estimate of drug-likeness (QED) is 0.418. The summed E-state index contributed by atoms with van der Waals surface area (Å²) < 4.78 is 0. The minimum Gasteiger partial charge on any atom is -0.275 e. The Labute approximate surface area is 85.9 Å². The van der Waals surface area contributed by atoms with E-state index in [4.69, 9.17) is 0 Å². The first-order valence-corrected chi connectivity index (χ1v) is 5.47. The summed E-state index contributed by atoms with van der Waals surface area (Å²) in [6, 6.07) is 0. The molecule has 0 unspecified atom stereocenters. The smallest absolute Gasteiger partial charge is 0.253 e. The van der Waals surface area contributed by atoms with Gasteiger partial charge in [0.2, 0.25) is 0 Å². The lowest BCUT2D eigenvalue weighted by molar-refractivity contribution is -0.136. The Balaban J connectivity index is 2.22. The van der Waals surface area contributed by atoms with E-state index < -0.39 is 0 Å². The third-order valence-electron chi connectivity index (χ3n) is 1.92. The molecule has 0 aliphatic carbocycles. The lowest BCUT2D eigenvalue weighted by Gasteiger charge is -2.12. The lowest BCUT2D eigenvalue weighted by Crippen LogP contribution is -2.30. The number of hydrogen-bond acceptors (Lipinski definition) is 2. The number of hydrogen-bond donors (Lipinski definition) is 0. The van der Waals surface area contributed by atoms with Crippen molar-refractivity contribution < 1.29 is 9.59 Å². The van der Waals surface area contributed by atoms with Crippen molar-refractivity contribution in [3.63, 3.8) is 0 Å². The molecule has 2 amide bonds. The molecule has 0 saturated heterocycles. The maximum atomic E-state index is 11.1. The maximum Gasteiger partial charge on any atom is 0.253 e. The highest BCUT2D eigenvalue weighted by Gasteiger charge is 2.21. The standard InChI is InChI=1S/C9H12BrNO2/c10-6-2-1-3-7-11-8(12)4-5-9(11)13/h4-5H,1-3,6-7H2. The van der Waals surface area contributed by atoms with E-state index in [0.29, 0.717) is 6.54 Å². The highest BCUT2D eigenvalue weighted by molar-refractivity contribution is 9.09. The predicted octanol–water partition coefficient (Wildman–Crippen LogP) is 1.48. The number of rotatable bonds is 5. The maximum absolute atomic E-state index is 11.1. The van der Waals surface area contributed by atoms with Gasteiger partial charge in [-0.15, -0.1) is 0 Å². The van der Waals surface area contributed by atoms with Crippen LogP contribution in [-0.4, -0.2) is 28.6 Å². The molecule has 4 heteroatoms. The predicted molar refractivity (Wildman–Crippen MR) is 53.5 cm³/mol. The Morgan fingerprint density at radius 2 is 1.69 bits per heavy atom. The number of unbranched alkanes of at least 4 members (excludes halogenated alkanes) is 2. The molecule has 72 valence electrons. The van der Waals surface area contributed by atoms with Crippen LogP contribution in [0.25, 0.3) is 0 Å². The van der Waals surface area contributed by atoms with Gasteiger partial charge < -0.3 is 0 Å². The molecule has 0 spiro atoms. The topological polar surface area (TPSA) is 37.4 Å². The van der Waals surface area contributed by atoms with Gasteiger partial charge >= 0.3 is 0 Å². The number of nitrogens with zero attached hydrogens (tertiary/aromatic N) is 1. The van der Waals surface area contributed by atoms with Crippen LogP contribution in [0.4, 0.5) is 0 Å². The summed E-state index contributed by atoms with van der Waals surface area (Å²) in [7, 11) is 0. The second-order valence-electron chi connectivity index (χ2n) is 2.91. The Hall–Kier alpha value is -0.640. The Kier molecular flexibility index (Phi) is 4.15. The molecule has 1 aliphatic heterocycles. The summed E-state index contributed by atoms with van der Waals surface area (Å²) in [6.07, 6.45) is 5.68. The fraction of sp³-hybridized carbons (Fsp3) is 0.556. The normalized spacial score (nSPS) is 15.9. The van der Waals surface area contributed by atoms with Crippen molar-refractivity contribution in [2.24, 2.45) is 0 Å². The summed E-state index contributed by atoms with van der Waals surface area (Å²) in [5.41, 5.74) is 0. The van der Waals surface area contributed by atoms with Gasteiger partial charge in [-0.1, -0.05) is 22.4 Å². The largest absolute Gasteiger partial charge is 0.275 e. The second-order valence-corrected chi connectivity index (χ2v) is 3.70. The highest BCUT2D eigenvalue weighted by atomic mass is 79.9. The van der Waals surface area contributed by atoms with Gasteiger partial charge in [-0.25, -0.2) is 0 Å². The van der Waals surface area contributed by atoms with E-state index in [1.807, 2.05) is 0 Å². The molecule has 13 heavy (non-hydrogen) atoms. The van der Waals surface area contributed by atoms with Crippen LogP contribution in [0.1, 0.15) is 19.3 Å². The SMILES string of the molecule is O=C1C=CC(=O)N1CCCCCBr. The Morgan fingerprint density at radius 3 is 2.23 bits per heavy atom. The molecule has 0 N–H and O–H groups in total. The van der Waals surface area contributed by atoms with Gasteiger partial charge in [-0.2, -0.15) is 0 Å². The molecular weight excluding hydrogens is 234 g/mol. The first kappa shape index (κ1) is 10.4. The molecule has 0 atom stereocenters. The summed E-state index contributed by atoms with van der Waals surface area (Å²) >= 11 is 3.33. The van der Waals surface area contributed by atoms with Gasteiger partial charge in [-0.3, -0.25) is 14.5 Å². The first-order valence-electron chi connectivity index (χ1n) is 4.35. The Bertz CT molecular complexity index is 220. The van der Waals surface area contributed by atoms with Gasteiger partial charge in [0.05, 0.1) is 0 Å². The Morgan fingerprint density at radius 1 is 1.08 bits per heavy atom. The summed E-state index contributed by atoms with van der Waals surface area (Å²) in [6.45, 7) is 0.553. The van der Waals surface area contributed by atoms with E-state index >= 15 is 0 Å². The average molecular weight is 246 g/mol. The monoisotopic (exact) mass is 245 g/mol. The van der Waals surface area contributed by atoms with E-state index in [1.54, 1.807) is 0 Å². The van der Waals surface area contributed by atoms with Crippen molar-refractivity contribution in [3.05, 3.63) is 12.2 Å². The van der Waals surface area contributed by atoms with Crippen LogP contribution in [0.3, 0.4) is 0 Å². The van der Waals surface area contributed by atoms with E-state index in [0.717, 1.165) is 24.6 Å². The zero-order valence-electron chi connectivity index (χ0n) is 7.33. The molecule has 0 saturated carbocycles. The van der Waals surface area contributed by atoms with Gasteiger partial charge in [0.1, 0.15) is 0 Å². The van der Waals surface area contributed by atoms with E-state index in [9.17, 15) is 9.59 Å². The fourth-order valence-corrected chi connectivity index (χ4v) is 1.59. The van der Waals surface area contributed by atoms with Gasteiger partial charge in [0.25, 0.3) is 11.8 Å². The highest BCUT2D eigenvalue weighted by Crippen LogP contribution is 2.06. The number of alkyl halides is 1. The summed E-state index contributed by atoms with van der Waals surface area (Å²) in [4.78, 5) is 23.4.